The van der Waals surface area contributed by atoms with Crippen LogP contribution in [0.4, 0.5) is 0 Å². The molecular weight excluding hydrogens is 432 g/mol. The van der Waals surface area contributed by atoms with Crippen LogP contribution in [0.5, 0.6) is 0 Å². The highest BCUT2D eigenvalue weighted by atomic mass is 32.1. The van der Waals surface area contributed by atoms with E-state index in [1.165, 1.54) is 13.2 Å². The van der Waals surface area contributed by atoms with Crippen LogP contribution < -0.4 is 5.32 Å². The summed E-state index contributed by atoms with van der Waals surface area (Å²) in [4.78, 5) is 28.4. The Labute approximate surface area is 196 Å². The molecule has 0 aliphatic rings. The minimum absolute atomic E-state index is 0.191. The van der Waals surface area contributed by atoms with Crippen molar-refractivity contribution in [1.29, 1.82) is 0 Å². The van der Waals surface area contributed by atoms with Crippen LogP contribution in [-0.2, 0) is 16.1 Å². The van der Waals surface area contributed by atoms with E-state index in [1.54, 1.807) is 41.7 Å². The summed E-state index contributed by atoms with van der Waals surface area (Å²) in [5.41, 5.74) is 5.41. The molecule has 164 valence electrons. The van der Waals surface area contributed by atoms with Gasteiger partial charge in [0.05, 0.1) is 18.4 Å². The molecule has 4 rings (SSSR count). The van der Waals surface area contributed by atoms with Crippen LogP contribution in [0, 0.1) is 0 Å². The van der Waals surface area contributed by atoms with Gasteiger partial charge in [-0.25, -0.2) is 9.78 Å². The van der Waals surface area contributed by atoms with Crippen molar-refractivity contribution in [2.75, 3.05) is 7.11 Å². The number of thiazole rings is 1. The molecular formula is C27H22N2O3S. The number of nitrogens with zero attached hydrogens (tertiary/aromatic N) is 1. The van der Waals surface area contributed by atoms with Gasteiger partial charge in [0, 0.05) is 29.1 Å². The van der Waals surface area contributed by atoms with E-state index < -0.39 is 0 Å². The third-order valence-corrected chi connectivity index (χ3v) is 5.89. The fourth-order valence-electron chi connectivity index (χ4n) is 3.18. The number of benzene rings is 3. The molecule has 0 bridgehead atoms. The van der Waals surface area contributed by atoms with Gasteiger partial charge < -0.3 is 10.1 Å². The van der Waals surface area contributed by atoms with Crippen molar-refractivity contribution in [3.8, 4) is 21.8 Å². The summed E-state index contributed by atoms with van der Waals surface area (Å²) in [5.74, 6) is -0.579. The van der Waals surface area contributed by atoms with Gasteiger partial charge in [-0.05, 0) is 29.3 Å². The molecule has 33 heavy (non-hydrogen) atoms. The molecule has 0 atom stereocenters. The lowest BCUT2D eigenvalue weighted by Gasteiger charge is -2.04. The monoisotopic (exact) mass is 454 g/mol. The SMILES string of the molecule is COC(=O)c1ccc(/C=C/C(=O)NCc2ccc(-c3nc(-c4ccccc4)cs3)cc2)cc1. The molecule has 1 heterocycles. The second-order valence-corrected chi connectivity index (χ2v) is 8.12. The number of carbonyl (C=O) groups is 2. The Morgan fingerprint density at radius 3 is 2.36 bits per heavy atom. The van der Waals surface area contributed by atoms with Crippen LogP contribution in [0.25, 0.3) is 27.9 Å². The fourth-order valence-corrected chi connectivity index (χ4v) is 4.02. The van der Waals surface area contributed by atoms with E-state index in [2.05, 4.69) is 27.6 Å². The van der Waals surface area contributed by atoms with Crippen molar-refractivity contribution >= 4 is 29.3 Å². The van der Waals surface area contributed by atoms with Crippen LogP contribution in [0.15, 0.2) is 90.3 Å². The number of nitrogens with one attached hydrogen (secondary N) is 1. The molecule has 5 nitrogen and oxygen atoms in total. The standard InChI is InChI=1S/C27H22N2O3S/c1-32-27(31)23-14-7-19(8-15-23)11-16-25(30)28-17-20-9-12-22(13-10-20)26-29-24(18-33-26)21-5-3-2-4-6-21/h2-16,18H,17H2,1H3,(H,28,30)/b16-11+. The van der Waals surface area contributed by atoms with E-state index in [9.17, 15) is 9.59 Å². The van der Waals surface area contributed by atoms with Crippen molar-refractivity contribution in [3.05, 3.63) is 107 Å². The molecule has 1 aromatic heterocycles. The molecule has 1 N–H and O–H groups in total. The molecule has 6 heteroatoms. The number of aromatic nitrogens is 1. The number of esters is 1. The second-order valence-electron chi connectivity index (χ2n) is 7.27. The van der Waals surface area contributed by atoms with Gasteiger partial charge in [-0.2, -0.15) is 0 Å². The molecule has 0 radical (unpaired) electrons. The van der Waals surface area contributed by atoms with E-state index in [4.69, 9.17) is 4.98 Å². The predicted octanol–water partition coefficient (Wildman–Crippen LogP) is 5.59. The lowest BCUT2D eigenvalue weighted by atomic mass is 10.1. The largest absolute Gasteiger partial charge is 0.465 e. The van der Waals surface area contributed by atoms with Crippen LogP contribution in [0.3, 0.4) is 0 Å². The quantitative estimate of drug-likeness (QED) is 0.292. The molecule has 1 amide bonds. The van der Waals surface area contributed by atoms with Gasteiger partial charge >= 0.3 is 5.97 Å². The highest BCUT2D eigenvalue weighted by molar-refractivity contribution is 7.13. The highest BCUT2D eigenvalue weighted by Gasteiger charge is 2.07. The first-order chi connectivity index (χ1) is 16.1. The van der Waals surface area contributed by atoms with Crippen LogP contribution in [0.1, 0.15) is 21.5 Å². The Morgan fingerprint density at radius 1 is 0.939 bits per heavy atom. The molecule has 4 aromatic rings. The zero-order valence-electron chi connectivity index (χ0n) is 18.0. The van der Waals surface area contributed by atoms with Crippen LogP contribution in [0.2, 0.25) is 0 Å². The van der Waals surface area contributed by atoms with Gasteiger partial charge in [0.15, 0.2) is 0 Å². The average Bonchev–Trinajstić information content (AvgIpc) is 3.37. The summed E-state index contributed by atoms with van der Waals surface area (Å²) in [7, 11) is 1.34. The Hall–Kier alpha value is -4.03. The molecule has 0 saturated heterocycles. The van der Waals surface area contributed by atoms with Gasteiger partial charge in [0.1, 0.15) is 5.01 Å². The number of carbonyl (C=O) groups excluding carboxylic acids is 2. The summed E-state index contributed by atoms with van der Waals surface area (Å²) in [6.45, 7) is 0.428. The highest BCUT2D eigenvalue weighted by Crippen LogP contribution is 2.28. The molecule has 0 aliphatic heterocycles. The van der Waals surface area contributed by atoms with Gasteiger partial charge in [0.2, 0.25) is 5.91 Å². The minimum atomic E-state index is -0.388. The van der Waals surface area contributed by atoms with Crippen molar-refractivity contribution in [2.24, 2.45) is 0 Å². The van der Waals surface area contributed by atoms with Gasteiger partial charge in [-0.1, -0.05) is 66.7 Å². The predicted molar refractivity (Wildman–Crippen MR) is 132 cm³/mol. The average molecular weight is 455 g/mol. The number of ether oxygens (including phenoxy) is 1. The van der Waals surface area contributed by atoms with E-state index in [0.717, 1.165) is 33.0 Å². The molecule has 0 aliphatic carbocycles. The zero-order valence-corrected chi connectivity index (χ0v) is 18.8. The number of hydrogen-bond donors (Lipinski definition) is 1. The first kappa shape index (κ1) is 22.2. The van der Waals surface area contributed by atoms with Crippen molar-refractivity contribution in [2.45, 2.75) is 6.54 Å². The summed E-state index contributed by atoms with van der Waals surface area (Å²) >= 11 is 1.61. The number of methoxy groups -OCH3 is 1. The van der Waals surface area contributed by atoms with Crippen molar-refractivity contribution in [3.63, 3.8) is 0 Å². The van der Waals surface area contributed by atoms with Gasteiger partial charge in [0.25, 0.3) is 0 Å². The summed E-state index contributed by atoms with van der Waals surface area (Å²) < 4.78 is 4.68. The second kappa shape index (κ2) is 10.5. The van der Waals surface area contributed by atoms with Crippen molar-refractivity contribution in [1.82, 2.24) is 10.3 Å². The normalized spacial score (nSPS) is 10.8. The maximum Gasteiger partial charge on any atom is 0.337 e. The van der Waals surface area contributed by atoms with Crippen molar-refractivity contribution < 1.29 is 14.3 Å². The van der Waals surface area contributed by atoms with E-state index >= 15 is 0 Å². The lowest BCUT2D eigenvalue weighted by Crippen LogP contribution is -2.20. The van der Waals surface area contributed by atoms with E-state index in [1.807, 2.05) is 42.5 Å². The maximum absolute atomic E-state index is 12.2. The first-order valence-corrected chi connectivity index (χ1v) is 11.2. The summed E-state index contributed by atoms with van der Waals surface area (Å²) in [6.07, 6.45) is 3.18. The summed E-state index contributed by atoms with van der Waals surface area (Å²) in [5, 5.41) is 5.91. The number of rotatable bonds is 7. The smallest absolute Gasteiger partial charge is 0.337 e. The number of hydrogen-bond acceptors (Lipinski definition) is 5. The number of amides is 1. The minimum Gasteiger partial charge on any atom is -0.465 e. The lowest BCUT2D eigenvalue weighted by molar-refractivity contribution is -0.116. The van der Waals surface area contributed by atoms with E-state index in [-0.39, 0.29) is 11.9 Å². The fraction of sp³-hybridized carbons (Fsp3) is 0.0741. The maximum atomic E-state index is 12.2. The topological polar surface area (TPSA) is 68.3 Å². The summed E-state index contributed by atoms with van der Waals surface area (Å²) in [6, 6.07) is 25.0. The Balaban J connectivity index is 1.31. The third kappa shape index (κ3) is 5.81. The van der Waals surface area contributed by atoms with Gasteiger partial charge in [-0.3, -0.25) is 4.79 Å². The van der Waals surface area contributed by atoms with Crippen LogP contribution >= 0.6 is 11.3 Å². The third-order valence-electron chi connectivity index (χ3n) is 5.00. The Kier molecular flexibility index (Phi) is 7.07. The molecule has 3 aromatic carbocycles. The molecule has 0 saturated carbocycles. The first-order valence-electron chi connectivity index (χ1n) is 10.4. The van der Waals surface area contributed by atoms with E-state index in [0.29, 0.717) is 12.1 Å². The zero-order chi connectivity index (χ0) is 23.0. The molecule has 0 spiro atoms. The Bertz CT molecular complexity index is 1260. The van der Waals surface area contributed by atoms with Crippen LogP contribution in [-0.4, -0.2) is 24.0 Å². The molecule has 0 fully saturated rings. The Morgan fingerprint density at radius 2 is 1.67 bits per heavy atom. The molecule has 0 unspecified atom stereocenters. The van der Waals surface area contributed by atoms with Gasteiger partial charge in [-0.15, -0.1) is 11.3 Å².